The minimum Gasteiger partial charge on any atom is -0.310 e. The van der Waals surface area contributed by atoms with E-state index in [1.807, 2.05) is 12.3 Å². The van der Waals surface area contributed by atoms with Gasteiger partial charge < -0.3 is 9.47 Å². The molecule has 1 saturated heterocycles. The van der Waals surface area contributed by atoms with Crippen molar-refractivity contribution in [2.75, 3.05) is 20.1 Å². The van der Waals surface area contributed by atoms with E-state index >= 15 is 0 Å². The van der Waals surface area contributed by atoms with Crippen molar-refractivity contribution in [2.45, 2.75) is 51.0 Å². The van der Waals surface area contributed by atoms with Gasteiger partial charge in [-0.05, 0) is 50.9 Å². The van der Waals surface area contributed by atoms with Gasteiger partial charge >= 0.3 is 0 Å². The molecule has 0 amide bonds. The fraction of sp³-hybridized carbons (Fsp3) is 0.667. The molecule has 0 bridgehead atoms. The van der Waals surface area contributed by atoms with E-state index in [0.717, 1.165) is 23.5 Å². The fourth-order valence-corrected chi connectivity index (χ4v) is 4.29. The van der Waals surface area contributed by atoms with Gasteiger partial charge in [-0.25, -0.2) is 9.97 Å². The van der Waals surface area contributed by atoms with E-state index in [1.165, 1.54) is 57.4 Å². The Hall–Kier alpha value is -1.42. The molecule has 118 valence electrons. The van der Waals surface area contributed by atoms with Crippen LogP contribution in [0.2, 0.25) is 0 Å². The third-order valence-electron chi connectivity index (χ3n) is 5.42. The number of hydrogen-bond donors (Lipinski definition) is 0. The van der Waals surface area contributed by atoms with Crippen LogP contribution in [-0.4, -0.2) is 39.6 Å². The average molecular weight is 298 g/mol. The van der Waals surface area contributed by atoms with Crippen LogP contribution in [0.3, 0.4) is 0 Å². The molecule has 4 rings (SSSR count). The van der Waals surface area contributed by atoms with E-state index < -0.39 is 0 Å². The molecule has 4 heteroatoms. The minimum absolute atomic E-state index is 0.614. The highest BCUT2D eigenvalue weighted by Gasteiger charge is 2.26. The molecule has 2 aromatic rings. The van der Waals surface area contributed by atoms with Gasteiger partial charge in [-0.2, -0.15) is 0 Å². The molecule has 2 fully saturated rings. The van der Waals surface area contributed by atoms with Crippen LogP contribution >= 0.6 is 0 Å². The second-order valence-electron chi connectivity index (χ2n) is 7.16. The van der Waals surface area contributed by atoms with Crippen molar-refractivity contribution >= 4 is 11.2 Å². The molecule has 0 aromatic carbocycles. The lowest BCUT2D eigenvalue weighted by molar-refractivity contribution is 0.343. The summed E-state index contributed by atoms with van der Waals surface area (Å²) in [6.07, 6.45) is 11.0. The number of imidazole rings is 1. The quantitative estimate of drug-likeness (QED) is 0.870. The molecular formula is C18H26N4. The maximum absolute atomic E-state index is 4.96. The molecule has 3 heterocycles. The molecule has 2 aliphatic rings. The van der Waals surface area contributed by atoms with Crippen LogP contribution in [0.4, 0.5) is 0 Å². The fourth-order valence-electron chi connectivity index (χ4n) is 4.29. The van der Waals surface area contributed by atoms with Crippen molar-refractivity contribution < 1.29 is 0 Å². The Morgan fingerprint density at radius 3 is 2.82 bits per heavy atom. The van der Waals surface area contributed by atoms with Gasteiger partial charge in [0, 0.05) is 25.2 Å². The van der Waals surface area contributed by atoms with Gasteiger partial charge in [0.25, 0.3) is 0 Å². The number of rotatable bonds is 3. The Balaban J connectivity index is 1.69. The number of fused-ring (bicyclic) bond motifs is 1. The van der Waals surface area contributed by atoms with E-state index in [0.29, 0.717) is 6.04 Å². The van der Waals surface area contributed by atoms with Gasteiger partial charge in [0.05, 0.1) is 0 Å². The Bertz CT molecular complexity index is 642. The van der Waals surface area contributed by atoms with Crippen molar-refractivity contribution in [2.24, 2.45) is 5.92 Å². The second-order valence-corrected chi connectivity index (χ2v) is 7.16. The number of likely N-dealkylation sites (tertiary alicyclic amines) is 1. The number of nitrogens with zero attached hydrogens (tertiary/aromatic N) is 4. The summed E-state index contributed by atoms with van der Waals surface area (Å²) in [5.41, 5.74) is 2.19. The Morgan fingerprint density at radius 2 is 2.05 bits per heavy atom. The topological polar surface area (TPSA) is 34.0 Å². The molecule has 1 aliphatic carbocycles. The van der Waals surface area contributed by atoms with E-state index in [4.69, 9.17) is 4.98 Å². The average Bonchev–Trinajstić information content (AvgIpc) is 3.11. The summed E-state index contributed by atoms with van der Waals surface area (Å²) < 4.78 is 2.49. The van der Waals surface area contributed by atoms with Crippen molar-refractivity contribution in [3.05, 3.63) is 24.2 Å². The van der Waals surface area contributed by atoms with Gasteiger partial charge in [0.15, 0.2) is 5.65 Å². The first kappa shape index (κ1) is 14.2. The summed E-state index contributed by atoms with van der Waals surface area (Å²) in [4.78, 5) is 12.1. The Labute approximate surface area is 132 Å². The molecule has 1 aliphatic heterocycles. The van der Waals surface area contributed by atoms with Crippen LogP contribution in [0.25, 0.3) is 11.2 Å². The van der Waals surface area contributed by atoms with Crippen molar-refractivity contribution in [3.63, 3.8) is 0 Å². The molecule has 0 spiro atoms. The van der Waals surface area contributed by atoms with Crippen LogP contribution in [0.5, 0.6) is 0 Å². The Kier molecular flexibility index (Phi) is 3.87. The number of hydrogen-bond acceptors (Lipinski definition) is 3. The first-order valence-electron chi connectivity index (χ1n) is 8.81. The molecule has 0 N–H and O–H groups in total. The normalized spacial score (nSPS) is 24.3. The smallest absolute Gasteiger partial charge is 0.160 e. The molecule has 1 saturated carbocycles. The second kappa shape index (κ2) is 5.99. The summed E-state index contributed by atoms with van der Waals surface area (Å²) in [5.74, 6) is 2.03. The summed E-state index contributed by atoms with van der Waals surface area (Å²) >= 11 is 0. The van der Waals surface area contributed by atoms with Crippen LogP contribution in [0, 0.1) is 5.92 Å². The van der Waals surface area contributed by atoms with Crippen molar-refractivity contribution in [1.29, 1.82) is 0 Å². The summed E-state index contributed by atoms with van der Waals surface area (Å²) in [6.45, 7) is 2.44. The first-order chi connectivity index (χ1) is 10.8. The Morgan fingerprint density at radius 1 is 1.18 bits per heavy atom. The maximum atomic E-state index is 4.96. The highest BCUT2D eigenvalue weighted by molar-refractivity contribution is 5.71. The largest absolute Gasteiger partial charge is 0.310 e. The van der Waals surface area contributed by atoms with Gasteiger partial charge in [-0.15, -0.1) is 0 Å². The number of pyridine rings is 1. The lowest BCUT2D eigenvalue weighted by atomic mass is 9.94. The van der Waals surface area contributed by atoms with Gasteiger partial charge in [-0.1, -0.05) is 19.3 Å². The molecule has 2 aromatic heterocycles. The highest BCUT2D eigenvalue weighted by atomic mass is 15.2. The minimum atomic E-state index is 0.614. The van der Waals surface area contributed by atoms with Gasteiger partial charge in [-0.3, -0.25) is 0 Å². The molecule has 4 nitrogen and oxygen atoms in total. The molecule has 22 heavy (non-hydrogen) atoms. The van der Waals surface area contributed by atoms with E-state index in [-0.39, 0.29) is 0 Å². The summed E-state index contributed by atoms with van der Waals surface area (Å²) in [6, 6.07) is 4.74. The van der Waals surface area contributed by atoms with Gasteiger partial charge in [0.1, 0.15) is 11.3 Å². The zero-order valence-corrected chi connectivity index (χ0v) is 13.5. The predicted molar refractivity (Wildman–Crippen MR) is 89.0 cm³/mol. The SMILES string of the molecule is CN1CCC(Cc2nc3cccnc3n2C2CCCCC2)C1. The maximum Gasteiger partial charge on any atom is 0.160 e. The van der Waals surface area contributed by atoms with Crippen LogP contribution in [0.1, 0.15) is 50.4 Å². The highest BCUT2D eigenvalue weighted by Crippen LogP contribution is 2.33. The zero-order valence-electron chi connectivity index (χ0n) is 13.5. The third kappa shape index (κ3) is 2.65. The molecule has 1 atom stereocenters. The molecular weight excluding hydrogens is 272 g/mol. The van der Waals surface area contributed by atoms with Crippen molar-refractivity contribution in [3.8, 4) is 0 Å². The van der Waals surface area contributed by atoms with Gasteiger partial charge in [0.2, 0.25) is 0 Å². The monoisotopic (exact) mass is 298 g/mol. The van der Waals surface area contributed by atoms with E-state index in [9.17, 15) is 0 Å². The zero-order chi connectivity index (χ0) is 14.9. The predicted octanol–water partition coefficient (Wildman–Crippen LogP) is 3.43. The van der Waals surface area contributed by atoms with Crippen molar-refractivity contribution in [1.82, 2.24) is 19.4 Å². The third-order valence-corrected chi connectivity index (χ3v) is 5.42. The summed E-state index contributed by atoms with van der Waals surface area (Å²) in [7, 11) is 2.23. The summed E-state index contributed by atoms with van der Waals surface area (Å²) in [5, 5.41) is 0. The standard InChI is InChI=1S/C18H26N4/c1-21-11-9-14(13-21)12-17-20-16-8-5-10-19-18(16)22(17)15-6-3-2-4-7-15/h5,8,10,14-15H,2-4,6-7,9,11-13H2,1H3. The molecule has 0 radical (unpaired) electrons. The van der Waals surface area contributed by atoms with E-state index in [2.05, 4.69) is 27.6 Å². The number of aromatic nitrogens is 3. The lowest BCUT2D eigenvalue weighted by Gasteiger charge is -2.25. The lowest BCUT2D eigenvalue weighted by Crippen LogP contribution is -2.19. The first-order valence-corrected chi connectivity index (χ1v) is 8.81. The van der Waals surface area contributed by atoms with E-state index in [1.54, 1.807) is 0 Å². The van der Waals surface area contributed by atoms with Crippen LogP contribution in [0.15, 0.2) is 18.3 Å². The van der Waals surface area contributed by atoms with Crippen LogP contribution in [-0.2, 0) is 6.42 Å². The molecule has 1 unspecified atom stereocenters. The van der Waals surface area contributed by atoms with Crippen LogP contribution < -0.4 is 0 Å².